The highest BCUT2D eigenvalue weighted by molar-refractivity contribution is 6.53. The van der Waals surface area contributed by atoms with Gasteiger partial charge in [0.1, 0.15) is 0 Å². The summed E-state index contributed by atoms with van der Waals surface area (Å²) in [5.41, 5.74) is 0. The Hall–Kier alpha value is -0.280. The third kappa shape index (κ3) is 4.48. The van der Waals surface area contributed by atoms with Gasteiger partial charge in [-0.25, -0.2) is 0 Å². The van der Waals surface area contributed by atoms with E-state index in [0.717, 1.165) is 4.90 Å². The van der Waals surface area contributed by atoms with E-state index in [-0.39, 0.29) is 11.8 Å². The molecule has 0 radical (unpaired) electrons. The first-order chi connectivity index (χ1) is 5.86. The van der Waals surface area contributed by atoms with Crippen LogP contribution in [-0.4, -0.2) is 28.1 Å². The Morgan fingerprint density at radius 2 is 1.77 bits per heavy atom. The molecule has 0 aliphatic carbocycles. The van der Waals surface area contributed by atoms with Gasteiger partial charge in [-0.2, -0.15) is 0 Å². The zero-order valence-electron chi connectivity index (χ0n) is 7.88. The second-order valence-corrected chi connectivity index (χ2v) is 4.26. The maximum Gasteiger partial charge on any atom is 0.262 e. The number of rotatable bonds is 3. The minimum absolute atomic E-state index is 0.208. The number of carbonyl (C=O) groups is 2. The molecule has 0 aromatic carbocycles. The highest BCUT2D eigenvalue weighted by Gasteiger charge is 2.23. The summed E-state index contributed by atoms with van der Waals surface area (Å²) in [6, 6.07) is 0. The summed E-state index contributed by atoms with van der Waals surface area (Å²) in [6.45, 7) is 5.47. The molecule has 3 nitrogen and oxygen atoms in total. The smallest absolute Gasteiger partial charge is 0.262 e. The molecule has 0 spiro atoms. The van der Waals surface area contributed by atoms with Crippen LogP contribution in [0.15, 0.2) is 0 Å². The van der Waals surface area contributed by atoms with E-state index < -0.39 is 10.7 Å². The molecule has 0 bridgehead atoms. The third-order valence-electron chi connectivity index (χ3n) is 1.38. The van der Waals surface area contributed by atoms with Gasteiger partial charge in [-0.15, -0.1) is 0 Å². The van der Waals surface area contributed by atoms with Gasteiger partial charge in [-0.05, 0) is 5.92 Å². The number of halogens is 2. The highest BCUT2D eigenvalue weighted by atomic mass is 35.5. The fourth-order valence-corrected chi connectivity index (χ4v) is 1.09. The van der Waals surface area contributed by atoms with Crippen molar-refractivity contribution in [3.05, 3.63) is 0 Å². The first-order valence-corrected chi connectivity index (χ1v) is 4.83. The Kier molecular flexibility index (Phi) is 5.33. The Bertz CT molecular complexity index is 204. The molecule has 0 atom stereocenters. The lowest BCUT2D eigenvalue weighted by molar-refractivity contribution is -0.143. The van der Waals surface area contributed by atoms with Crippen molar-refractivity contribution in [3.63, 3.8) is 0 Å². The van der Waals surface area contributed by atoms with Crippen LogP contribution in [0.25, 0.3) is 0 Å². The molecule has 0 unspecified atom stereocenters. The molecule has 13 heavy (non-hydrogen) atoms. The second-order valence-electron chi connectivity index (χ2n) is 3.16. The van der Waals surface area contributed by atoms with Crippen molar-refractivity contribution in [2.75, 3.05) is 6.54 Å². The summed E-state index contributed by atoms with van der Waals surface area (Å²) in [5, 5.41) is 0. The zero-order valence-corrected chi connectivity index (χ0v) is 9.39. The fourth-order valence-electron chi connectivity index (χ4n) is 0.857. The van der Waals surface area contributed by atoms with Crippen molar-refractivity contribution in [2.45, 2.75) is 25.6 Å². The average Bonchev–Trinajstić information content (AvgIpc) is 1.97. The Morgan fingerprint density at radius 1 is 1.31 bits per heavy atom. The molecule has 0 saturated carbocycles. The van der Waals surface area contributed by atoms with Gasteiger partial charge in [0.2, 0.25) is 5.91 Å². The van der Waals surface area contributed by atoms with E-state index in [0.29, 0.717) is 6.54 Å². The van der Waals surface area contributed by atoms with E-state index in [1.807, 2.05) is 13.8 Å². The highest BCUT2D eigenvalue weighted by Crippen LogP contribution is 2.09. The van der Waals surface area contributed by atoms with E-state index in [1.165, 1.54) is 6.92 Å². The standard InChI is InChI=1S/C8H13Cl2NO2/c1-5(2)4-11(6(3)12)8(13)7(9)10/h5,7H,4H2,1-3H3. The SMILES string of the molecule is CC(=O)N(CC(C)C)C(=O)C(Cl)Cl. The van der Waals surface area contributed by atoms with E-state index in [9.17, 15) is 9.59 Å². The molecule has 0 aromatic heterocycles. The minimum Gasteiger partial charge on any atom is -0.280 e. The second kappa shape index (κ2) is 5.45. The topological polar surface area (TPSA) is 37.4 Å². The molecule has 0 heterocycles. The summed E-state index contributed by atoms with van der Waals surface area (Å²) in [4.78, 5) is 22.2. The number of amides is 2. The molecule has 0 aromatic rings. The van der Waals surface area contributed by atoms with Gasteiger partial charge in [-0.1, -0.05) is 37.0 Å². The molecule has 0 aliphatic rings. The molecule has 0 aliphatic heterocycles. The molecule has 0 fully saturated rings. The number of nitrogens with zero attached hydrogens (tertiary/aromatic N) is 1. The van der Waals surface area contributed by atoms with Crippen LogP contribution in [0.5, 0.6) is 0 Å². The van der Waals surface area contributed by atoms with Crippen molar-refractivity contribution in [3.8, 4) is 0 Å². The molecule has 0 saturated heterocycles. The van der Waals surface area contributed by atoms with Gasteiger partial charge in [0.15, 0.2) is 4.84 Å². The van der Waals surface area contributed by atoms with Gasteiger partial charge in [0.05, 0.1) is 0 Å². The predicted octanol–water partition coefficient (Wildman–Crippen LogP) is 1.82. The van der Waals surface area contributed by atoms with Gasteiger partial charge < -0.3 is 0 Å². The summed E-state index contributed by atoms with van der Waals surface area (Å²) >= 11 is 10.7. The van der Waals surface area contributed by atoms with Crippen LogP contribution in [0.2, 0.25) is 0 Å². The molecule has 2 amide bonds. The van der Waals surface area contributed by atoms with Crippen molar-refractivity contribution in [1.29, 1.82) is 0 Å². The van der Waals surface area contributed by atoms with Crippen molar-refractivity contribution in [1.82, 2.24) is 4.90 Å². The predicted molar refractivity (Wildman–Crippen MR) is 52.7 cm³/mol. The van der Waals surface area contributed by atoms with Crippen LogP contribution < -0.4 is 0 Å². The molecular formula is C8H13Cl2NO2. The maximum atomic E-state index is 11.3. The third-order valence-corrected chi connectivity index (χ3v) is 1.75. The summed E-state index contributed by atoms with van der Waals surface area (Å²) < 4.78 is 0. The number of imide groups is 1. The quantitative estimate of drug-likeness (QED) is 0.688. The lowest BCUT2D eigenvalue weighted by Gasteiger charge is -2.21. The number of carbonyl (C=O) groups excluding carboxylic acids is 2. The Morgan fingerprint density at radius 3 is 2.00 bits per heavy atom. The maximum absolute atomic E-state index is 11.3. The lowest BCUT2D eigenvalue weighted by atomic mass is 10.2. The Labute approximate surface area is 88.0 Å². The molecule has 0 rings (SSSR count). The Balaban J connectivity index is 4.43. The van der Waals surface area contributed by atoms with Crippen LogP contribution in [0.3, 0.4) is 0 Å². The first-order valence-electron chi connectivity index (χ1n) is 3.96. The summed E-state index contributed by atoms with van der Waals surface area (Å²) in [7, 11) is 0. The van der Waals surface area contributed by atoms with Crippen molar-refractivity contribution >= 4 is 35.0 Å². The number of hydrogen-bond donors (Lipinski definition) is 0. The number of alkyl halides is 2. The molecule has 5 heteroatoms. The van der Waals surface area contributed by atoms with E-state index in [1.54, 1.807) is 0 Å². The van der Waals surface area contributed by atoms with Crippen LogP contribution >= 0.6 is 23.2 Å². The van der Waals surface area contributed by atoms with Gasteiger partial charge >= 0.3 is 0 Å². The molecule has 0 N–H and O–H groups in total. The largest absolute Gasteiger partial charge is 0.280 e. The summed E-state index contributed by atoms with van der Waals surface area (Å²) in [5.74, 6) is -0.672. The van der Waals surface area contributed by atoms with Crippen LogP contribution in [0.4, 0.5) is 0 Å². The zero-order chi connectivity index (χ0) is 10.6. The summed E-state index contributed by atoms with van der Waals surface area (Å²) in [6.07, 6.45) is 0. The molecule has 76 valence electrons. The molecular weight excluding hydrogens is 213 g/mol. The minimum atomic E-state index is -1.16. The first kappa shape index (κ1) is 12.7. The monoisotopic (exact) mass is 225 g/mol. The normalized spacial score (nSPS) is 10.7. The van der Waals surface area contributed by atoms with Crippen LogP contribution in [0, 0.1) is 5.92 Å². The fraction of sp³-hybridized carbons (Fsp3) is 0.750. The van der Waals surface area contributed by atoms with Gasteiger partial charge in [-0.3, -0.25) is 14.5 Å². The van der Waals surface area contributed by atoms with Crippen LogP contribution in [-0.2, 0) is 9.59 Å². The van der Waals surface area contributed by atoms with E-state index >= 15 is 0 Å². The van der Waals surface area contributed by atoms with Gasteiger partial charge in [0, 0.05) is 13.5 Å². The van der Waals surface area contributed by atoms with Crippen molar-refractivity contribution < 1.29 is 9.59 Å². The van der Waals surface area contributed by atoms with E-state index in [4.69, 9.17) is 23.2 Å². The van der Waals surface area contributed by atoms with Crippen LogP contribution in [0.1, 0.15) is 20.8 Å². The van der Waals surface area contributed by atoms with E-state index in [2.05, 4.69) is 0 Å². The van der Waals surface area contributed by atoms with Crippen molar-refractivity contribution in [2.24, 2.45) is 5.92 Å². The lowest BCUT2D eigenvalue weighted by Crippen LogP contribution is -2.40. The van der Waals surface area contributed by atoms with Gasteiger partial charge in [0.25, 0.3) is 5.91 Å². The average molecular weight is 226 g/mol. The number of hydrogen-bond acceptors (Lipinski definition) is 2.